The van der Waals surface area contributed by atoms with Crippen LogP contribution < -0.4 is 0 Å². The van der Waals surface area contributed by atoms with Gasteiger partial charge < -0.3 is 9.55 Å². The Labute approximate surface area is 179 Å². The van der Waals surface area contributed by atoms with Gasteiger partial charge in [0, 0.05) is 16.4 Å². The number of hydrogen-bond donors (Lipinski definition) is 1. The average molecular weight is 421 g/mol. The Morgan fingerprint density at radius 2 is 1.90 bits per heavy atom. The lowest BCUT2D eigenvalue weighted by Crippen LogP contribution is -2.00. The molecule has 0 bridgehead atoms. The smallest absolute Gasteiger partial charge is 0.149 e. The lowest BCUT2D eigenvalue weighted by Gasteiger charge is -2.12. The number of aromatic amines is 1. The summed E-state index contributed by atoms with van der Waals surface area (Å²) in [7, 11) is 0. The molecule has 144 valence electrons. The molecule has 0 aliphatic heterocycles. The van der Waals surface area contributed by atoms with Crippen LogP contribution in [0, 0.1) is 32.1 Å². The van der Waals surface area contributed by atoms with E-state index < -0.39 is 0 Å². The van der Waals surface area contributed by atoms with Gasteiger partial charge in [0.05, 0.1) is 27.3 Å². The van der Waals surface area contributed by atoms with Gasteiger partial charge in [-0.3, -0.25) is 0 Å². The maximum Gasteiger partial charge on any atom is 0.149 e. The molecular formula is C23H18Cl2N4. The first-order valence-corrected chi connectivity index (χ1v) is 9.86. The second-order valence-corrected chi connectivity index (χ2v) is 7.88. The lowest BCUT2D eigenvalue weighted by atomic mass is 10.1. The molecule has 2 heterocycles. The van der Waals surface area contributed by atoms with Crippen LogP contribution in [0.3, 0.4) is 0 Å². The van der Waals surface area contributed by atoms with Gasteiger partial charge in [-0.2, -0.15) is 5.26 Å². The molecule has 0 amide bonds. The molecule has 1 N–H and O–H groups in total. The zero-order chi connectivity index (χ0) is 20.7. The summed E-state index contributed by atoms with van der Waals surface area (Å²) >= 11 is 12.6. The molecule has 0 fully saturated rings. The number of nitrogens with one attached hydrogen (secondary N) is 1. The number of fused-ring (bicyclic) bond motifs is 1. The van der Waals surface area contributed by atoms with Crippen molar-refractivity contribution in [1.82, 2.24) is 14.5 Å². The van der Waals surface area contributed by atoms with Crippen LogP contribution in [0.1, 0.15) is 28.3 Å². The highest BCUT2D eigenvalue weighted by Crippen LogP contribution is 2.30. The highest BCUT2D eigenvalue weighted by molar-refractivity contribution is 6.34. The summed E-state index contributed by atoms with van der Waals surface area (Å²) in [5.41, 5.74) is 7.05. The molecule has 2 aromatic heterocycles. The topological polar surface area (TPSA) is 57.4 Å². The summed E-state index contributed by atoms with van der Waals surface area (Å²) in [4.78, 5) is 7.82. The molecule has 0 radical (unpaired) electrons. The van der Waals surface area contributed by atoms with Gasteiger partial charge in [-0.1, -0.05) is 29.3 Å². The number of nitrogens with zero attached hydrogens (tertiary/aromatic N) is 3. The van der Waals surface area contributed by atoms with Crippen molar-refractivity contribution in [3.05, 3.63) is 80.8 Å². The van der Waals surface area contributed by atoms with Gasteiger partial charge in [0.2, 0.25) is 0 Å². The fraction of sp³-hybridized carbons (Fsp3) is 0.130. The largest absolute Gasteiger partial charge is 0.337 e. The average Bonchev–Trinajstić information content (AvgIpc) is 3.22. The number of aromatic nitrogens is 3. The predicted octanol–water partition coefficient (Wildman–Crippen LogP) is 6.65. The first-order valence-electron chi connectivity index (χ1n) is 9.10. The zero-order valence-corrected chi connectivity index (χ0v) is 17.7. The van der Waals surface area contributed by atoms with E-state index in [-0.39, 0.29) is 0 Å². The number of allylic oxidation sites excluding steroid dienone is 1. The van der Waals surface area contributed by atoms with E-state index in [9.17, 15) is 5.26 Å². The minimum absolute atomic E-state index is 0.469. The van der Waals surface area contributed by atoms with Crippen LogP contribution in [0.5, 0.6) is 0 Å². The molecule has 4 nitrogen and oxygen atoms in total. The molecule has 0 atom stereocenters. The quantitative estimate of drug-likeness (QED) is 0.377. The number of nitriles is 1. The van der Waals surface area contributed by atoms with Crippen LogP contribution in [0.4, 0.5) is 0 Å². The van der Waals surface area contributed by atoms with Crippen molar-refractivity contribution in [2.75, 3.05) is 0 Å². The van der Waals surface area contributed by atoms with Crippen molar-refractivity contribution in [2.45, 2.75) is 20.8 Å². The zero-order valence-electron chi connectivity index (χ0n) is 16.2. The molecule has 0 aliphatic carbocycles. The Kier molecular flexibility index (Phi) is 4.96. The molecule has 0 saturated carbocycles. The van der Waals surface area contributed by atoms with Crippen molar-refractivity contribution in [3.63, 3.8) is 0 Å². The maximum absolute atomic E-state index is 9.76. The molecule has 0 unspecified atom stereocenters. The summed E-state index contributed by atoms with van der Waals surface area (Å²) in [5, 5.41) is 11.0. The van der Waals surface area contributed by atoms with Crippen LogP contribution in [-0.4, -0.2) is 14.5 Å². The molecule has 4 aromatic rings. The van der Waals surface area contributed by atoms with Gasteiger partial charge in [0.25, 0.3) is 0 Å². The van der Waals surface area contributed by atoms with E-state index in [0.29, 0.717) is 21.4 Å². The van der Waals surface area contributed by atoms with E-state index in [0.717, 1.165) is 39.2 Å². The van der Waals surface area contributed by atoms with Gasteiger partial charge in [0.1, 0.15) is 11.9 Å². The van der Waals surface area contributed by atoms with Crippen molar-refractivity contribution in [3.8, 4) is 11.8 Å². The van der Waals surface area contributed by atoms with E-state index in [1.54, 1.807) is 12.1 Å². The van der Waals surface area contributed by atoms with E-state index >= 15 is 0 Å². The standard InChI is InChI=1S/C23H18Cl2N4/c1-13-4-7-20-21(8-13)28-23(27-20)17(12-26)10-16-9-14(2)29(15(16)3)22-11-18(24)5-6-19(22)25/h4-11H,1-3H3,(H,27,28). The summed E-state index contributed by atoms with van der Waals surface area (Å²) in [6.07, 6.45) is 1.85. The summed E-state index contributed by atoms with van der Waals surface area (Å²) in [6, 6.07) is 15.7. The second kappa shape index (κ2) is 7.44. The fourth-order valence-corrected chi connectivity index (χ4v) is 3.89. The van der Waals surface area contributed by atoms with Gasteiger partial charge in [-0.25, -0.2) is 4.98 Å². The van der Waals surface area contributed by atoms with Crippen LogP contribution in [-0.2, 0) is 0 Å². The maximum atomic E-state index is 9.76. The third-order valence-corrected chi connectivity index (χ3v) is 5.49. The Bertz CT molecular complexity index is 1320. The van der Waals surface area contributed by atoms with Crippen LogP contribution in [0.2, 0.25) is 10.0 Å². The number of aryl methyl sites for hydroxylation is 2. The van der Waals surface area contributed by atoms with Crippen molar-refractivity contribution in [2.24, 2.45) is 0 Å². The first-order chi connectivity index (χ1) is 13.9. The fourth-order valence-electron chi connectivity index (χ4n) is 3.52. The molecule has 4 rings (SSSR count). The number of imidazole rings is 1. The number of rotatable bonds is 3. The number of halogens is 2. The molecule has 0 spiro atoms. The van der Waals surface area contributed by atoms with Crippen LogP contribution in [0.15, 0.2) is 42.5 Å². The Hall–Kier alpha value is -3.00. The highest BCUT2D eigenvalue weighted by atomic mass is 35.5. The van der Waals surface area contributed by atoms with Crippen LogP contribution in [0.25, 0.3) is 28.4 Å². The second-order valence-electron chi connectivity index (χ2n) is 7.03. The molecule has 0 aliphatic rings. The van der Waals surface area contributed by atoms with E-state index in [1.807, 2.05) is 61.7 Å². The minimum Gasteiger partial charge on any atom is -0.337 e. The van der Waals surface area contributed by atoms with Crippen LogP contribution >= 0.6 is 23.2 Å². The van der Waals surface area contributed by atoms with Crippen molar-refractivity contribution < 1.29 is 0 Å². The summed E-state index contributed by atoms with van der Waals surface area (Å²) in [5.74, 6) is 0.554. The SMILES string of the molecule is Cc1ccc2nc(C(C#N)=Cc3cc(C)n(-c4cc(Cl)ccc4Cl)c3C)[nH]c2c1. The normalized spacial score (nSPS) is 11.8. The number of hydrogen-bond acceptors (Lipinski definition) is 2. The monoisotopic (exact) mass is 420 g/mol. The first kappa shape index (κ1) is 19.3. The molecule has 2 aromatic carbocycles. The number of benzene rings is 2. The van der Waals surface area contributed by atoms with Gasteiger partial charge >= 0.3 is 0 Å². The van der Waals surface area contributed by atoms with Gasteiger partial charge in [0.15, 0.2) is 0 Å². The molecule has 0 saturated heterocycles. The van der Waals surface area contributed by atoms with E-state index in [2.05, 4.69) is 16.0 Å². The summed E-state index contributed by atoms with van der Waals surface area (Å²) in [6.45, 7) is 6.02. The van der Waals surface area contributed by atoms with Gasteiger partial charge in [-0.15, -0.1) is 0 Å². The Balaban J connectivity index is 1.82. The Morgan fingerprint density at radius 1 is 1.10 bits per heavy atom. The van der Waals surface area contributed by atoms with E-state index in [1.165, 1.54) is 0 Å². The lowest BCUT2D eigenvalue weighted by molar-refractivity contribution is 0.965. The van der Waals surface area contributed by atoms with Crippen molar-refractivity contribution in [1.29, 1.82) is 5.26 Å². The number of H-pyrrole nitrogens is 1. The van der Waals surface area contributed by atoms with Crippen molar-refractivity contribution >= 4 is 45.9 Å². The molecular weight excluding hydrogens is 403 g/mol. The molecule has 29 heavy (non-hydrogen) atoms. The minimum atomic E-state index is 0.469. The predicted molar refractivity (Wildman–Crippen MR) is 120 cm³/mol. The third-order valence-electron chi connectivity index (χ3n) is 4.93. The van der Waals surface area contributed by atoms with E-state index in [4.69, 9.17) is 23.2 Å². The van der Waals surface area contributed by atoms with Gasteiger partial charge in [-0.05, 0) is 74.4 Å². The molecule has 6 heteroatoms. The Morgan fingerprint density at radius 3 is 2.66 bits per heavy atom. The third kappa shape index (κ3) is 3.55. The summed E-state index contributed by atoms with van der Waals surface area (Å²) < 4.78 is 2.04. The highest BCUT2D eigenvalue weighted by Gasteiger charge is 2.15.